The Kier molecular flexibility index (Phi) is 5.01. The van der Waals surface area contributed by atoms with Crippen LogP contribution in [-0.4, -0.2) is 0 Å². The van der Waals surface area contributed by atoms with E-state index < -0.39 is 0 Å². The Labute approximate surface area is 273 Å². The smallest absolute Gasteiger partial charge is 0.123 e. The van der Waals surface area contributed by atoms with Gasteiger partial charge in [-0.15, -0.1) is 0 Å². The fourth-order valence-corrected chi connectivity index (χ4v) is 8.71. The van der Waals surface area contributed by atoms with Crippen molar-refractivity contribution in [2.24, 2.45) is 0 Å². The second-order valence-corrected chi connectivity index (χ2v) is 13.0. The van der Waals surface area contributed by atoms with Gasteiger partial charge in [0.05, 0.1) is 0 Å². The van der Waals surface area contributed by atoms with Gasteiger partial charge in [0.2, 0.25) is 0 Å². The Morgan fingerprint density at radius 3 is 1.33 bits per heavy atom. The zero-order chi connectivity index (χ0) is 31.7. The largest absolute Gasteiger partial charge is 0.207 e. The maximum Gasteiger partial charge on any atom is 0.123 e. The van der Waals surface area contributed by atoms with Gasteiger partial charge in [-0.1, -0.05) is 103 Å². The molecule has 0 N–H and O–H groups in total. The van der Waals surface area contributed by atoms with E-state index in [9.17, 15) is 8.78 Å². The minimum atomic E-state index is -0.262. The number of halogens is 2. The topological polar surface area (TPSA) is 0 Å². The van der Waals surface area contributed by atoms with Crippen molar-refractivity contribution in [3.8, 4) is 22.3 Å². The molecule has 11 rings (SSSR count). The van der Waals surface area contributed by atoms with Crippen LogP contribution in [0.3, 0.4) is 0 Å². The molecule has 48 heavy (non-hydrogen) atoms. The fraction of sp³-hybridized carbons (Fsp3) is 0. The summed E-state index contributed by atoms with van der Waals surface area (Å²) in [6, 6.07) is 49.1. The molecule has 2 heteroatoms. The molecule has 0 aromatic heterocycles. The molecule has 0 aliphatic heterocycles. The van der Waals surface area contributed by atoms with Crippen LogP contribution in [0.2, 0.25) is 0 Å². The highest BCUT2D eigenvalue weighted by Gasteiger charge is 2.25. The van der Waals surface area contributed by atoms with E-state index in [1.807, 2.05) is 24.3 Å². The van der Waals surface area contributed by atoms with Gasteiger partial charge in [0, 0.05) is 0 Å². The molecule has 0 atom stereocenters. The van der Waals surface area contributed by atoms with E-state index >= 15 is 0 Å². The van der Waals surface area contributed by atoms with Crippen LogP contribution in [0, 0.1) is 11.6 Å². The Morgan fingerprint density at radius 1 is 0.271 bits per heavy atom. The van der Waals surface area contributed by atoms with Gasteiger partial charge in [0.25, 0.3) is 0 Å². The maximum absolute atomic E-state index is 14.5. The average molecular weight is 615 g/mol. The highest BCUT2D eigenvalue weighted by atomic mass is 19.1. The molecule has 0 saturated heterocycles. The van der Waals surface area contributed by atoms with E-state index in [1.54, 1.807) is 24.3 Å². The van der Waals surface area contributed by atoms with Crippen LogP contribution in [0.5, 0.6) is 0 Å². The molecule has 0 nitrogen and oxygen atoms in total. The number of hydrogen-bond acceptors (Lipinski definition) is 0. The van der Waals surface area contributed by atoms with Gasteiger partial charge in [0.15, 0.2) is 0 Å². The van der Waals surface area contributed by atoms with E-state index in [1.165, 1.54) is 64.6 Å². The predicted octanol–water partition coefficient (Wildman–Crippen LogP) is 13.4. The van der Waals surface area contributed by atoms with Crippen molar-refractivity contribution in [3.05, 3.63) is 157 Å². The number of hydrogen-bond donors (Lipinski definition) is 0. The Hall–Kier alpha value is -6.12. The summed E-state index contributed by atoms with van der Waals surface area (Å²) < 4.78 is 29.0. The average Bonchev–Trinajstić information content (AvgIpc) is 3.62. The van der Waals surface area contributed by atoms with Crippen molar-refractivity contribution in [2.75, 3.05) is 0 Å². The lowest BCUT2D eigenvalue weighted by atomic mass is 9.85. The second kappa shape index (κ2) is 9.24. The van der Waals surface area contributed by atoms with E-state index in [0.717, 1.165) is 43.8 Å². The van der Waals surface area contributed by atoms with Crippen LogP contribution in [0.4, 0.5) is 8.78 Å². The summed E-state index contributed by atoms with van der Waals surface area (Å²) in [4.78, 5) is 0. The van der Waals surface area contributed by atoms with Gasteiger partial charge in [-0.05, 0) is 151 Å². The quantitative estimate of drug-likeness (QED) is 0.170. The zero-order valence-corrected chi connectivity index (χ0v) is 25.6. The first-order valence-electron chi connectivity index (χ1n) is 16.3. The number of fused-ring (bicyclic) bond motifs is 9. The molecular weight excluding hydrogens is 591 g/mol. The van der Waals surface area contributed by atoms with E-state index in [4.69, 9.17) is 0 Å². The van der Waals surface area contributed by atoms with Gasteiger partial charge in [0.1, 0.15) is 11.6 Å². The second-order valence-electron chi connectivity index (χ2n) is 13.0. The normalized spacial score (nSPS) is 12.4. The molecule has 11 aromatic rings. The lowest BCUT2D eigenvalue weighted by molar-refractivity contribution is 0.627. The Morgan fingerprint density at radius 2 is 0.729 bits per heavy atom. The van der Waals surface area contributed by atoms with Crippen LogP contribution < -0.4 is 0 Å². The third-order valence-electron chi connectivity index (χ3n) is 10.6. The zero-order valence-electron chi connectivity index (χ0n) is 25.6. The van der Waals surface area contributed by atoms with Crippen LogP contribution in [0.1, 0.15) is 0 Å². The predicted molar refractivity (Wildman–Crippen MR) is 200 cm³/mol. The third-order valence-corrected chi connectivity index (χ3v) is 10.6. The lowest BCUT2D eigenvalue weighted by Gasteiger charge is -2.17. The van der Waals surface area contributed by atoms with Crippen molar-refractivity contribution < 1.29 is 8.78 Å². The summed E-state index contributed by atoms with van der Waals surface area (Å²) in [6.45, 7) is 0. The van der Waals surface area contributed by atoms with Crippen molar-refractivity contribution in [1.82, 2.24) is 0 Å². The minimum Gasteiger partial charge on any atom is -0.207 e. The number of rotatable bonds is 2. The summed E-state index contributed by atoms with van der Waals surface area (Å²) >= 11 is 0. The van der Waals surface area contributed by atoms with Gasteiger partial charge < -0.3 is 0 Å². The molecule has 0 fully saturated rings. The Balaban J connectivity index is 1.48. The van der Waals surface area contributed by atoms with Crippen LogP contribution in [0.15, 0.2) is 146 Å². The lowest BCUT2D eigenvalue weighted by Crippen LogP contribution is -1.90. The van der Waals surface area contributed by atoms with E-state index in [2.05, 4.69) is 97.1 Å². The monoisotopic (exact) mass is 614 g/mol. The summed E-state index contributed by atoms with van der Waals surface area (Å²) in [5.41, 5.74) is 4.10. The van der Waals surface area contributed by atoms with Crippen LogP contribution >= 0.6 is 0 Å². The molecule has 222 valence electrons. The molecule has 0 spiro atoms. The molecule has 0 amide bonds. The third kappa shape index (κ3) is 3.31. The van der Waals surface area contributed by atoms with Gasteiger partial charge >= 0.3 is 0 Å². The SMILES string of the molecule is Fc1ccc(-c2c3cc4c(cc3c(-c3ccc(F)cc3)c3c5cc6ccccc6c6cccc(c23)c65)c2cccc3cccc4c32)cc1. The van der Waals surface area contributed by atoms with Crippen LogP contribution in [0.25, 0.3) is 108 Å². The summed E-state index contributed by atoms with van der Waals surface area (Å²) in [6.07, 6.45) is 0. The molecule has 0 saturated carbocycles. The molecule has 0 radical (unpaired) electrons. The Bertz CT molecular complexity index is 3090. The number of benzene rings is 9. The van der Waals surface area contributed by atoms with Crippen LogP contribution in [-0.2, 0) is 0 Å². The fourth-order valence-electron chi connectivity index (χ4n) is 8.71. The highest BCUT2D eigenvalue weighted by Crippen LogP contribution is 2.53. The van der Waals surface area contributed by atoms with Crippen molar-refractivity contribution >= 4 is 86.2 Å². The molecule has 11 aromatic carbocycles. The molecule has 0 heterocycles. The van der Waals surface area contributed by atoms with Crippen molar-refractivity contribution in [1.29, 1.82) is 0 Å². The van der Waals surface area contributed by atoms with E-state index in [-0.39, 0.29) is 11.6 Å². The molecule has 0 unspecified atom stereocenters. The summed E-state index contributed by atoms with van der Waals surface area (Å²) in [5, 5.41) is 19.0. The maximum atomic E-state index is 14.5. The van der Waals surface area contributed by atoms with E-state index in [0.29, 0.717) is 0 Å². The summed E-state index contributed by atoms with van der Waals surface area (Å²) in [7, 11) is 0. The van der Waals surface area contributed by atoms with Crippen molar-refractivity contribution in [2.45, 2.75) is 0 Å². The van der Waals surface area contributed by atoms with Gasteiger partial charge in [-0.2, -0.15) is 0 Å². The van der Waals surface area contributed by atoms with Gasteiger partial charge in [-0.25, -0.2) is 8.78 Å². The summed E-state index contributed by atoms with van der Waals surface area (Å²) in [5.74, 6) is -0.524. The minimum absolute atomic E-state index is 0.262. The molecular formula is C46H24F2. The molecule has 0 bridgehead atoms. The first-order chi connectivity index (χ1) is 23.6. The first kappa shape index (κ1) is 26.0. The highest BCUT2D eigenvalue weighted by molar-refractivity contribution is 6.43. The molecule has 0 aliphatic rings. The molecule has 0 aliphatic carbocycles. The first-order valence-corrected chi connectivity index (χ1v) is 16.3. The van der Waals surface area contributed by atoms with Crippen molar-refractivity contribution in [3.63, 3.8) is 0 Å². The van der Waals surface area contributed by atoms with Gasteiger partial charge in [-0.3, -0.25) is 0 Å². The standard InChI is InChI=1S/C46H24F2/c47-29-18-14-26(15-19-29)42-38-23-36-33-10-3-7-25-8-4-11-34(41(25)33)37(36)24-39(38)43(27-16-20-30(48)21-17-27)46-40-22-28-6-1-2-9-31(28)32-12-5-13-35(44(32)40)45(42)46/h1-24H.